The van der Waals surface area contributed by atoms with Crippen LogP contribution >= 0.6 is 0 Å². The maximum atomic E-state index is 10.1. The van der Waals surface area contributed by atoms with Gasteiger partial charge in [0.2, 0.25) is 0 Å². The fourth-order valence-corrected chi connectivity index (χ4v) is 1.30. The first-order chi connectivity index (χ1) is 8.54. The van der Waals surface area contributed by atoms with Gasteiger partial charge >= 0.3 is 7.12 Å². The predicted octanol–water partition coefficient (Wildman–Crippen LogP) is 0.401. The molecule has 106 valence electrons. The van der Waals surface area contributed by atoms with Crippen molar-refractivity contribution in [1.82, 2.24) is 4.98 Å². The molecule has 1 aromatic heterocycles. The summed E-state index contributed by atoms with van der Waals surface area (Å²) in [6, 6.07) is 3.56. The lowest BCUT2D eigenvalue weighted by Gasteiger charge is -2.38. The number of pyridine rings is 1. The molecule has 0 radical (unpaired) electrons. The van der Waals surface area contributed by atoms with Crippen LogP contribution in [0.3, 0.4) is 0 Å². The van der Waals surface area contributed by atoms with Crippen LogP contribution in [0.25, 0.3) is 0 Å². The third-order valence-electron chi connectivity index (χ3n) is 3.39. The van der Waals surface area contributed by atoms with Crippen LogP contribution in [0.4, 0.5) is 5.82 Å². The van der Waals surface area contributed by atoms with E-state index in [1.807, 2.05) is 19.0 Å². The Balaban J connectivity index is 2.81. The lowest BCUT2D eigenvalue weighted by Crippen LogP contribution is -2.53. The predicted molar refractivity (Wildman–Crippen MR) is 77.6 cm³/mol. The minimum absolute atomic E-state index is 0.558. The van der Waals surface area contributed by atoms with Gasteiger partial charge in [0.25, 0.3) is 0 Å². The van der Waals surface area contributed by atoms with Gasteiger partial charge in [0.05, 0.1) is 11.2 Å². The molecule has 2 N–H and O–H groups in total. The van der Waals surface area contributed by atoms with Crippen molar-refractivity contribution in [3.8, 4) is 0 Å². The number of rotatable bonds is 5. The van der Waals surface area contributed by atoms with Gasteiger partial charge in [0.15, 0.2) is 0 Å². The molecule has 1 rings (SSSR count). The van der Waals surface area contributed by atoms with E-state index in [2.05, 4.69) is 4.98 Å². The van der Waals surface area contributed by atoms with Crippen molar-refractivity contribution in [2.24, 2.45) is 0 Å². The first kappa shape index (κ1) is 16.0. The smallest absolute Gasteiger partial charge is 0.423 e. The lowest BCUT2D eigenvalue weighted by atomic mass is 9.77. The summed E-state index contributed by atoms with van der Waals surface area (Å²) in [7, 11) is 2.67. The van der Waals surface area contributed by atoms with Gasteiger partial charge in [-0.25, -0.2) is 4.98 Å². The second kappa shape index (κ2) is 5.49. The molecule has 5 nitrogen and oxygen atoms in total. The quantitative estimate of drug-likeness (QED) is 0.755. The Morgan fingerprint density at radius 2 is 1.79 bits per heavy atom. The molecular weight excluding hydrogens is 243 g/mol. The zero-order valence-corrected chi connectivity index (χ0v) is 12.5. The molecule has 6 heteroatoms. The normalized spacial score (nSPS) is 12.4. The van der Waals surface area contributed by atoms with Crippen molar-refractivity contribution < 1.29 is 14.8 Å². The standard InChI is InChI=1S/C13H23BN2O3/c1-12(2,17)13(3,4)19-14(18)10-7-8-11(15-9-10)16(5)6/h7-9,17-18H,1-6H3. The molecule has 0 aliphatic rings. The first-order valence-corrected chi connectivity index (χ1v) is 6.26. The fourth-order valence-electron chi connectivity index (χ4n) is 1.30. The minimum Gasteiger partial charge on any atom is -0.423 e. The van der Waals surface area contributed by atoms with Gasteiger partial charge in [0.1, 0.15) is 5.82 Å². The number of nitrogens with zero attached hydrogens (tertiary/aromatic N) is 2. The molecule has 1 aromatic rings. The van der Waals surface area contributed by atoms with Crippen LogP contribution in [0, 0.1) is 0 Å². The Morgan fingerprint density at radius 3 is 2.16 bits per heavy atom. The molecule has 0 unspecified atom stereocenters. The van der Waals surface area contributed by atoms with Gasteiger partial charge < -0.3 is 19.7 Å². The van der Waals surface area contributed by atoms with Gasteiger partial charge in [-0.2, -0.15) is 0 Å². The van der Waals surface area contributed by atoms with E-state index in [1.165, 1.54) is 0 Å². The summed E-state index contributed by atoms with van der Waals surface area (Å²) in [5.74, 6) is 0.803. The molecule has 0 bridgehead atoms. The minimum atomic E-state index is -1.12. The van der Waals surface area contributed by atoms with Crippen LogP contribution in [0.15, 0.2) is 18.3 Å². The molecule has 0 spiro atoms. The van der Waals surface area contributed by atoms with E-state index in [4.69, 9.17) is 4.65 Å². The Bertz CT molecular complexity index is 413. The van der Waals surface area contributed by atoms with Crippen LogP contribution in [0.2, 0.25) is 0 Å². The van der Waals surface area contributed by atoms with E-state index < -0.39 is 18.3 Å². The molecule has 0 atom stereocenters. The van der Waals surface area contributed by atoms with E-state index in [0.29, 0.717) is 5.46 Å². The summed E-state index contributed by atoms with van der Waals surface area (Å²) in [4.78, 5) is 6.09. The number of aromatic nitrogens is 1. The fraction of sp³-hybridized carbons (Fsp3) is 0.615. The Labute approximate surface area is 115 Å². The van der Waals surface area contributed by atoms with Crippen molar-refractivity contribution in [3.05, 3.63) is 18.3 Å². The summed E-state index contributed by atoms with van der Waals surface area (Å²) >= 11 is 0. The summed E-state index contributed by atoms with van der Waals surface area (Å²) in [5.41, 5.74) is -1.39. The highest BCUT2D eigenvalue weighted by atomic mass is 16.5. The Morgan fingerprint density at radius 1 is 1.21 bits per heavy atom. The monoisotopic (exact) mass is 266 g/mol. The summed E-state index contributed by atoms with van der Waals surface area (Å²) in [6.45, 7) is 6.76. The van der Waals surface area contributed by atoms with Gasteiger partial charge in [-0.15, -0.1) is 0 Å². The zero-order valence-electron chi connectivity index (χ0n) is 12.5. The second-order valence-electron chi connectivity index (χ2n) is 5.88. The SMILES string of the molecule is CN(C)c1ccc(B(O)OC(C)(C)C(C)(C)O)cn1. The maximum Gasteiger partial charge on any atom is 0.493 e. The Hall–Kier alpha value is -1.11. The number of hydrogen-bond acceptors (Lipinski definition) is 5. The van der Waals surface area contributed by atoms with E-state index in [0.717, 1.165) is 5.82 Å². The summed E-state index contributed by atoms with van der Waals surface area (Å²) in [5, 5.41) is 20.1. The topological polar surface area (TPSA) is 65.8 Å². The van der Waals surface area contributed by atoms with Crippen molar-refractivity contribution in [3.63, 3.8) is 0 Å². The largest absolute Gasteiger partial charge is 0.493 e. The molecule has 0 aliphatic carbocycles. The first-order valence-electron chi connectivity index (χ1n) is 6.26. The lowest BCUT2D eigenvalue weighted by molar-refractivity contribution is -0.0982. The highest BCUT2D eigenvalue weighted by Gasteiger charge is 2.39. The number of aliphatic hydroxyl groups is 1. The van der Waals surface area contributed by atoms with Gasteiger partial charge in [-0.3, -0.25) is 0 Å². The maximum absolute atomic E-state index is 10.1. The van der Waals surface area contributed by atoms with Crippen LogP contribution in [0.5, 0.6) is 0 Å². The molecule has 1 heterocycles. The Kier molecular flexibility index (Phi) is 4.61. The van der Waals surface area contributed by atoms with Crippen molar-refractivity contribution in [2.75, 3.05) is 19.0 Å². The van der Waals surface area contributed by atoms with Gasteiger partial charge in [0, 0.05) is 25.8 Å². The average molecular weight is 266 g/mol. The van der Waals surface area contributed by atoms with E-state index in [9.17, 15) is 10.1 Å². The van der Waals surface area contributed by atoms with Crippen LogP contribution in [0.1, 0.15) is 27.7 Å². The molecular formula is C13H23BN2O3. The van der Waals surface area contributed by atoms with Gasteiger partial charge in [-0.1, -0.05) is 6.07 Å². The second-order valence-corrected chi connectivity index (χ2v) is 5.88. The molecule has 0 aromatic carbocycles. The number of anilines is 1. The van der Waals surface area contributed by atoms with Crippen molar-refractivity contribution in [1.29, 1.82) is 0 Å². The highest BCUT2D eigenvalue weighted by Crippen LogP contribution is 2.25. The highest BCUT2D eigenvalue weighted by molar-refractivity contribution is 6.60. The molecule has 0 saturated heterocycles. The summed E-state index contributed by atoms with van der Waals surface area (Å²) < 4.78 is 5.54. The molecule has 0 aliphatic heterocycles. The third kappa shape index (κ3) is 3.93. The van der Waals surface area contributed by atoms with Crippen molar-refractivity contribution in [2.45, 2.75) is 38.9 Å². The van der Waals surface area contributed by atoms with Crippen LogP contribution < -0.4 is 10.4 Å². The third-order valence-corrected chi connectivity index (χ3v) is 3.39. The van der Waals surface area contributed by atoms with Crippen LogP contribution in [-0.2, 0) is 4.65 Å². The molecule has 19 heavy (non-hydrogen) atoms. The molecule has 0 amide bonds. The van der Waals surface area contributed by atoms with E-state index in [1.54, 1.807) is 46.0 Å². The zero-order chi connectivity index (χ0) is 14.8. The van der Waals surface area contributed by atoms with Crippen molar-refractivity contribution >= 4 is 18.4 Å². The molecule has 0 saturated carbocycles. The average Bonchev–Trinajstić information content (AvgIpc) is 2.27. The number of hydrogen-bond donors (Lipinski definition) is 2. The van der Waals surface area contributed by atoms with Crippen LogP contribution in [-0.4, -0.2) is 47.5 Å². The molecule has 0 fully saturated rings. The van der Waals surface area contributed by atoms with E-state index >= 15 is 0 Å². The van der Waals surface area contributed by atoms with E-state index in [-0.39, 0.29) is 0 Å². The van der Waals surface area contributed by atoms with Gasteiger partial charge in [-0.05, 0) is 33.8 Å². The summed E-state index contributed by atoms with van der Waals surface area (Å²) in [6.07, 6.45) is 1.57.